The lowest BCUT2D eigenvalue weighted by Gasteiger charge is -2.30. The highest BCUT2D eigenvalue weighted by Crippen LogP contribution is 2.41. The number of amides is 1. The van der Waals surface area contributed by atoms with E-state index in [0.717, 1.165) is 66.7 Å². The third kappa shape index (κ3) is 7.60. The Balaban J connectivity index is 1.55. The number of benzene rings is 1. The number of likely N-dealkylation sites (tertiary alicyclic amines) is 1. The third-order valence-corrected chi connectivity index (χ3v) is 8.04. The zero-order valence-corrected chi connectivity index (χ0v) is 24.0. The van der Waals surface area contributed by atoms with E-state index in [1.165, 1.54) is 6.26 Å². The van der Waals surface area contributed by atoms with Crippen LogP contribution in [0.15, 0.2) is 35.1 Å². The second-order valence-corrected chi connectivity index (χ2v) is 12.0. The lowest BCUT2D eigenvalue weighted by atomic mass is 9.83. The van der Waals surface area contributed by atoms with Crippen molar-refractivity contribution in [2.75, 3.05) is 60.5 Å². The molecule has 2 aromatic rings. The third-order valence-electron chi connectivity index (χ3n) is 8.04. The van der Waals surface area contributed by atoms with E-state index in [2.05, 4.69) is 44.0 Å². The molecule has 1 saturated heterocycles. The van der Waals surface area contributed by atoms with E-state index < -0.39 is 11.9 Å². The molecule has 0 radical (unpaired) electrons. The van der Waals surface area contributed by atoms with Crippen molar-refractivity contribution in [2.45, 2.75) is 57.4 Å². The highest BCUT2D eigenvalue weighted by molar-refractivity contribution is 5.79. The molecule has 0 spiro atoms. The van der Waals surface area contributed by atoms with E-state index >= 15 is 0 Å². The number of rotatable bonds is 14. The van der Waals surface area contributed by atoms with Gasteiger partial charge in [-0.1, -0.05) is 25.5 Å². The van der Waals surface area contributed by atoms with Crippen LogP contribution >= 0.6 is 0 Å². The van der Waals surface area contributed by atoms with Gasteiger partial charge in [0, 0.05) is 50.9 Å². The van der Waals surface area contributed by atoms with Crippen LogP contribution in [0.4, 0.5) is 0 Å². The summed E-state index contributed by atoms with van der Waals surface area (Å²) in [6, 6.07) is 5.77. The van der Waals surface area contributed by atoms with Gasteiger partial charge in [0.25, 0.3) is 0 Å². The van der Waals surface area contributed by atoms with Gasteiger partial charge in [-0.2, -0.15) is 0 Å². The van der Waals surface area contributed by atoms with E-state index in [-0.39, 0.29) is 24.4 Å². The summed E-state index contributed by atoms with van der Waals surface area (Å²) in [5, 5.41) is 10.4. The van der Waals surface area contributed by atoms with E-state index in [0.29, 0.717) is 31.9 Å². The molecule has 1 amide bonds. The Labute approximate surface area is 232 Å². The maximum absolute atomic E-state index is 13.7. The van der Waals surface area contributed by atoms with Gasteiger partial charge in [-0.25, -0.2) is 4.98 Å². The van der Waals surface area contributed by atoms with Crippen LogP contribution in [0.3, 0.4) is 0 Å². The minimum atomic E-state index is -0.824. The summed E-state index contributed by atoms with van der Waals surface area (Å²) < 4.78 is 12.0. The zero-order valence-electron chi connectivity index (χ0n) is 24.0. The van der Waals surface area contributed by atoms with Crippen LogP contribution in [0.2, 0.25) is 0 Å². The van der Waals surface area contributed by atoms with Gasteiger partial charge in [-0.15, -0.1) is 0 Å². The average molecular weight is 542 g/mol. The predicted octanol–water partition coefficient (Wildman–Crippen LogP) is 3.44. The minimum Gasteiger partial charge on any atom is -0.493 e. The van der Waals surface area contributed by atoms with Gasteiger partial charge in [0.15, 0.2) is 5.89 Å². The molecule has 3 heterocycles. The maximum Gasteiger partial charge on any atom is 0.308 e. The second-order valence-electron chi connectivity index (χ2n) is 12.0. The monoisotopic (exact) mass is 541 g/mol. The number of ether oxygens (including phenoxy) is 1. The van der Waals surface area contributed by atoms with Crippen LogP contribution in [0, 0.1) is 5.92 Å². The minimum absolute atomic E-state index is 0.0816. The first-order valence-electron chi connectivity index (χ1n) is 14.4. The summed E-state index contributed by atoms with van der Waals surface area (Å²) in [6.45, 7) is 5.99. The number of aryl methyl sites for hydroxylation is 1. The molecular formula is C30H45N4O5+. The molecule has 9 heteroatoms. The molecule has 214 valence electrons. The number of unbranched alkanes of at least 4 members (excludes halogenated alkanes) is 1. The van der Waals surface area contributed by atoms with Crippen molar-refractivity contribution in [1.29, 1.82) is 0 Å². The van der Waals surface area contributed by atoms with Crippen molar-refractivity contribution < 1.29 is 28.3 Å². The second kappa shape index (κ2) is 13.0. The van der Waals surface area contributed by atoms with Crippen molar-refractivity contribution in [3.8, 4) is 5.75 Å². The van der Waals surface area contributed by atoms with Gasteiger partial charge in [-0.3, -0.25) is 14.5 Å². The van der Waals surface area contributed by atoms with Crippen molar-refractivity contribution in [1.82, 2.24) is 14.8 Å². The first kappa shape index (κ1) is 29.1. The standard InChI is InChI=1S/C30H44N4O5/c1-5-6-14-32(15-7-16-34(2,3)4)28(35)21-33-20-24(22-8-10-26-23(19-22)12-17-38-26)29(30(36)37)25(33)9-11-27-31-13-18-39-27/h8,10,13,18-19,24-25,29H,5-7,9,11-12,14-17,20-21H2,1-4H3/p+1/t24-,25+,29?/m1/s1. The number of oxazole rings is 1. The topological polar surface area (TPSA) is 96.1 Å². The highest BCUT2D eigenvalue weighted by atomic mass is 16.5. The number of carboxylic acids is 1. The van der Waals surface area contributed by atoms with Crippen molar-refractivity contribution in [3.05, 3.63) is 47.7 Å². The van der Waals surface area contributed by atoms with Crippen LogP contribution in [0.1, 0.15) is 55.5 Å². The average Bonchev–Trinajstić information content (AvgIpc) is 3.63. The molecule has 1 unspecified atom stereocenters. The van der Waals surface area contributed by atoms with Crippen LogP contribution in [-0.4, -0.2) is 103 Å². The molecule has 1 aromatic heterocycles. The molecule has 1 aromatic carbocycles. The fraction of sp³-hybridized carbons (Fsp3) is 0.633. The number of carbonyl (C=O) groups is 2. The largest absolute Gasteiger partial charge is 0.493 e. The van der Waals surface area contributed by atoms with Crippen LogP contribution < -0.4 is 4.74 Å². The molecule has 0 saturated carbocycles. The maximum atomic E-state index is 13.7. The number of quaternary nitrogens is 1. The van der Waals surface area contributed by atoms with Gasteiger partial charge >= 0.3 is 5.97 Å². The summed E-state index contributed by atoms with van der Waals surface area (Å²) in [5.41, 5.74) is 2.14. The SMILES string of the molecule is CCCCN(CCC[N+](C)(C)C)C(=O)CN1C[C@H](c2ccc3c(c2)CCO3)C(C(=O)O)[C@@H]1CCc1ncco1. The van der Waals surface area contributed by atoms with Crippen LogP contribution in [-0.2, 0) is 22.4 Å². The van der Waals surface area contributed by atoms with Gasteiger partial charge in [0.1, 0.15) is 12.0 Å². The van der Waals surface area contributed by atoms with Crippen molar-refractivity contribution >= 4 is 11.9 Å². The quantitative estimate of drug-likeness (QED) is 0.366. The van der Waals surface area contributed by atoms with Crippen LogP contribution in [0.25, 0.3) is 0 Å². The van der Waals surface area contributed by atoms with Gasteiger partial charge < -0.3 is 23.6 Å². The molecule has 0 bridgehead atoms. The number of hydrogen-bond acceptors (Lipinski definition) is 6. The summed E-state index contributed by atoms with van der Waals surface area (Å²) in [4.78, 5) is 34.8. The molecule has 1 N–H and O–H groups in total. The molecule has 0 aliphatic carbocycles. The summed E-state index contributed by atoms with van der Waals surface area (Å²) in [7, 11) is 6.49. The van der Waals surface area contributed by atoms with E-state index in [1.54, 1.807) is 6.20 Å². The smallest absolute Gasteiger partial charge is 0.308 e. The Bertz CT molecular complexity index is 1100. The molecular weight excluding hydrogens is 496 g/mol. The molecule has 9 nitrogen and oxygen atoms in total. The Kier molecular flexibility index (Phi) is 9.67. The number of fused-ring (bicyclic) bond motifs is 1. The first-order valence-corrected chi connectivity index (χ1v) is 14.4. The lowest BCUT2D eigenvalue weighted by molar-refractivity contribution is -0.870. The number of carbonyl (C=O) groups excluding carboxylic acids is 1. The fourth-order valence-electron chi connectivity index (χ4n) is 6.00. The lowest BCUT2D eigenvalue weighted by Crippen LogP contribution is -2.45. The molecule has 2 aliphatic rings. The summed E-state index contributed by atoms with van der Waals surface area (Å²) in [5.74, 6) is -0.105. The molecule has 4 rings (SSSR count). The molecule has 1 fully saturated rings. The zero-order chi connectivity index (χ0) is 28.0. The number of hydrogen-bond donors (Lipinski definition) is 1. The summed E-state index contributed by atoms with van der Waals surface area (Å²) in [6.07, 6.45) is 7.99. The predicted molar refractivity (Wildman–Crippen MR) is 149 cm³/mol. The Morgan fingerprint density at radius 2 is 2.00 bits per heavy atom. The molecule has 39 heavy (non-hydrogen) atoms. The Morgan fingerprint density at radius 3 is 2.69 bits per heavy atom. The Morgan fingerprint density at radius 1 is 1.21 bits per heavy atom. The van der Waals surface area contributed by atoms with E-state index in [1.807, 2.05) is 17.0 Å². The number of aromatic nitrogens is 1. The molecule has 2 aliphatic heterocycles. The van der Waals surface area contributed by atoms with Crippen molar-refractivity contribution in [3.63, 3.8) is 0 Å². The highest BCUT2D eigenvalue weighted by Gasteiger charge is 2.47. The van der Waals surface area contributed by atoms with Gasteiger partial charge in [0.05, 0.1) is 53.0 Å². The van der Waals surface area contributed by atoms with E-state index in [4.69, 9.17) is 9.15 Å². The summed E-state index contributed by atoms with van der Waals surface area (Å²) >= 11 is 0. The Hall–Kier alpha value is -2.91. The number of aliphatic carboxylic acids is 1. The van der Waals surface area contributed by atoms with Gasteiger partial charge in [0.2, 0.25) is 5.91 Å². The molecule has 3 atom stereocenters. The normalized spacial score (nSPS) is 21.1. The van der Waals surface area contributed by atoms with E-state index in [9.17, 15) is 14.7 Å². The number of carboxylic acid groups (broad SMARTS) is 1. The van der Waals surface area contributed by atoms with Crippen molar-refractivity contribution in [2.24, 2.45) is 5.92 Å². The van der Waals surface area contributed by atoms with Crippen LogP contribution in [0.5, 0.6) is 5.75 Å². The first-order chi connectivity index (χ1) is 18.7. The van der Waals surface area contributed by atoms with Gasteiger partial charge in [-0.05, 0) is 30.0 Å². The fourth-order valence-corrected chi connectivity index (χ4v) is 6.00. The number of nitrogens with zero attached hydrogens (tertiary/aromatic N) is 4.